The smallest absolute Gasteiger partial charge is 0.268 e. The van der Waals surface area contributed by atoms with Gasteiger partial charge >= 0.3 is 0 Å². The summed E-state index contributed by atoms with van der Waals surface area (Å²) < 4.78 is 26.8. The van der Waals surface area contributed by atoms with Crippen molar-refractivity contribution in [3.8, 4) is 0 Å². The highest BCUT2D eigenvalue weighted by Gasteiger charge is 2.42. The van der Waals surface area contributed by atoms with Crippen LogP contribution in [0.2, 0.25) is 0 Å². The number of nitrogens with zero attached hydrogens (tertiary/aromatic N) is 3. The molecule has 0 N–H and O–H groups in total. The monoisotopic (exact) mass is 299 g/mol. The molecule has 106 valence electrons. The second-order valence-electron chi connectivity index (χ2n) is 4.90. The van der Waals surface area contributed by atoms with Crippen LogP contribution in [0.25, 0.3) is 0 Å². The van der Waals surface area contributed by atoms with Crippen molar-refractivity contribution < 1.29 is 8.42 Å². The lowest BCUT2D eigenvalue weighted by atomic mass is 10.2. The maximum absolute atomic E-state index is 12.7. The molecule has 2 aliphatic rings. The van der Waals surface area contributed by atoms with E-state index in [1.165, 1.54) is 4.31 Å². The molecule has 2 aromatic carbocycles. The number of guanidine groups is 1. The minimum atomic E-state index is -3.50. The zero-order valence-electron chi connectivity index (χ0n) is 11.2. The summed E-state index contributed by atoms with van der Waals surface area (Å²) in [4.78, 5) is 6.63. The molecule has 0 unspecified atom stereocenters. The standard InChI is InChI=1S/C15H13N3O2S/c19-21(20)14-9-5-4-8-13(14)18(12-6-2-1-3-7-12)15-16-10-11-17(15)21/h1-9H,10-11H2. The lowest BCUT2D eigenvalue weighted by Gasteiger charge is -2.36. The van der Waals surface area contributed by atoms with Gasteiger partial charge in [0.1, 0.15) is 4.90 Å². The molecule has 0 radical (unpaired) electrons. The number of hydrogen-bond donors (Lipinski definition) is 0. The van der Waals surface area contributed by atoms with Gasteiger partial charge in [-0.15, -0.1) is 0 Å². The first-order valence-electron chi connectivity index (χ1n) is 6.71. The maximum atomic E-state index is 12.7. The van der Waals surface area contributed by atoms with Gasteiger partial charge in [0, 0.05) is 5.69 Å². The zero-order valence-corrected chi connectivity index (χ0v) is 12.0. The highest BCUT2D eigenvalue weighted by molar-refractivity contribution is 7.90. The molecule has 2 aromatic rings. The Morgan fingerprint density at radius 2 is 1.67 bits per heavy atom. The van der Waals surface area contributed by atoms with Gasteiger partial charge in [0.15, 0.2) is 0 Å². The topological polar surface area (TPSA) is 53.0 Å². The molecule has 0 amide bonds. The third-order valence-corrected chi connectivity index (χ3v) is 5.50. The Hall–Kier alpha value is -2.34. The molecule has 6 heteroatoms. The number of para-hydroxylation sites is 2. The quantitative estimate of drug-likeness (QED) is 0.811. The molecule has 2 heterocycles. The molecule has 21 heavy (non-hydrogen) atoms. The predicted octanol–water partition coefficient (Wildman–Crippen LogP) is 2.20. The van der Waals surface area contributed by atoms with E-state index in [1.54, 1.807) is 12.1 Å². The first kappa shape index (κ1) is 12.4. The van der Waals surface area contributed by atoms with E-state index in [1.807, 2.05) is 47.4 Å². The Morgan fingerprint density at radius 1 is 0.952 bits per heavy atom. The molecule has 2 aliphatic heterocycles. The molecule has 5 nitrogen and oxygen atoms in total. The molecule has 0 saturated carbocycles. The summed E-state index contributed by atoms with van der Waals surface area (Å²) in [6.07, 6.45) is 0. The van der Waals surface area contributed by atoms with Gasteiger partial charge in [0.05, 0.1) is 18.8 Å². The summed E-state index contributed by atoms with van der Waals surface area (Å²) in [6, 6.07) is 16.8. The largest absolute Gasteiger partial charge is 0.279 e. The lowest BCUT2D eigenvalue weighted by Crippen LogP contribution is -2.47. The second kappa shape index (κ2) is 4.33. The van der Waals surface area contributed by atoms with E-state index < -0.39 is 10.0 Å². The molecule has 0 aliphatic carbocycles. The van der Waals surface area contributed by atoms with Crippen molar-refractivity contribution in [3.05, 3.63) is 54.6 Å². The van der Waals surface area contributed by atoms with Gasteiger partial charge in [-0.25, -0.2) is 17.7 Å². The summed E-state index contributed by atoms with van der Waals surface area (Å²) in [7, 11) is -3.50. The van der Waals surface area contributed by atoms with Crippen LogP contribution in [0.5, 0.6) is 0 Å². The summed E-state index contributed by atoms with van der Waals surface area (Å²) in [6.45, 7) is 0.890. The summed E-state index contributed by atoms with van der Waals surface area (Å²) >= 11 is 0. The van der Waals surface area contributed by atoms with E-state index in [0.29, 0.717) is 29.6 Å². The molecule has 0 saturated heterocycles. The predicted molar refractivity (Wildman–Crippen MR) is 81.2 cm³/mol. The van der Waals surface area contributed by atoms with Crippen LogP contribution in [0.3, 0.4) is 0 Å². The fraction of sp³-hybridized carbons (Fsp3) is 0.133. The molecular formula is C15H13N3O2S. The van der Waals surface area contributed by atoms with E-state index in [9.17, 15) is 8.42 Å². The van der Waals surface area contributed by atoms with Crippen molar-refractivity contribution in [1.29, 1.82) is 0 Å². The Labute approximate surface area is 123 Å². The van der Waals surface area contributed by atoms with Gasteiger partial charge in [-0.1, -0.05) is 30.3 Å². The number of aliphatic imine (C=N–C) groups is 1. The highest BCUT2D eigenvalue weighted by atomic mass is 32.2. The third kappa shape index (κ3) is 1.69. The molecule has 4 rings (SSSR count). The van der Waals surface area contributed by atoms with Crippen LogP contribution >= 0.6 is 0 Å². The van der Waals surface area contributed by atoms with Crippen LogP contribution < -0.4 is 4.90 Å². The Bertz CT molecular complexity index is 831. The van der Waals surface area contributed by atoms with Crippen LogP contribution in [-0.2, 0) is 10.0 Å². The second-order valence-corrected chi connectivity index (χ2v) is 6.73. The SMILES string of the molecule is O=S1(=O)c2ccccc2N(c2ccccc2)C2=NCCN21. The van der Waals surface area contributed by atoms with Crippen molar-refractivity contribution in [3.63, 3.8) is 0 Å². The van der Waals surface area contributed by atoms with Crippen LogP contribution in [0.15, 0.2) is 64.5 Å². The van der Waals surface area contributed by atoms with Gasteiger partial charge in [0.2, 0.25) is 5.96 Å². The van der Waals surface area contributed by atoms with Crippen LogP contribution in [0.1, 0.15) is 0 Å². The van der Waals surface area contributed by atoms with Crippen molar-refractivity contribution in [1.82, 2.24) is 4.31 Å². The highest BCUT2D eigenvalue weighted by Crippen LogP contribution is 2.39. The summed E-state index contributed by atoms with van der Waals surface area (Å²) in [5.41, 5.74) is 1.56. The van der Waals surface area contributed by atoms with Crippen molar-refractivity contribution >= 4 is 27.4 Å². The van der Waals surface area contributed by atoms with E-state index in [-0.39, 0.29) is 0 Å². The Morgan fingerprint density at radius 3 is 2.48 bits per heavy atom. The van der Waals surface area contributed by atoms with E-state index in [4.69, 9.17) is 0 Å². The molecule has 0 aromatic heterocycles. The Kier molecular flexibility index (Phi) is 2.56. The average molecular weight is 299 g/mol. The van der Waals surface area contributed by atoms with Gasteiger partial charge in [-0.2, -0.15) is 0 Å². The fourth-order valence-corrected chi connectivity index (χ4v) is 4.34. The number of sulfonamides is 1. The number of rotatable bonds is 1. The van der Waals surface area contributed by atoms with Crippen LogP contribution in [0, 0.1) is 0 Å². The minimum Gasteiger partial charge on any atom is -0.279 e. The van der Waals surface area contributed by atoms with Crippen molar-refractivity contribution in [2.75, 3.05) is 18.0 Å². The number of benzene rings is 2. The van der Waals surface area contributed by atoms with Crippen LogP contribution in [-0.4, -0.2) is 31.8 Å². The van der Waals surface area contributed by atoms with Gasteiger partial charge in [-0.3, -0.25) is 4.90 Å². The molecular weight excluding hydrogens is 286 g/mol. The molecule has 0 bridgehead atoms. The normalized spacial score (nSPS) is 19.0. The van der Waals surface area contributed by atoms with E-state index >= 15 is 0 Å². The van der Waals surface area contributed by atoms with E-state index in [2.05, 4.69) is 4.99 Å². The van der Waals surface area contributed by atoms with Crippen molar-refractivity contribution in [2.24, 2.45) is 4.99 Å². The maximum Gasteiger partial charge on any atom is 0.268 e. The lowest BCUT2D eigenvalue weighted by molar-refractivity contribution is 0.532. The number of fused-ring (bicyclic) bond motifs is 2. The Balaban J connectivity index is 2.02. The first-order valence-corrected chi connectivity index (χ1v) is 8.15. The van der Waals surface area contributed by atoms with E-state index in [0.717, 1.165) is 5.69 Å². The van der Waals surface area contributed by atoms with Gasteiger partial charge in [0.25, 0.3) is 10.0 Å². The molecule has 0 fully saturated rings. The summed E-state index contributed by atoms with van der Waals surface area (Å²) in [5.74, 6) is 0.486. The minimum absolute atomic E-state index is 0.328. The fourth-order valence-electron chi connectivity index (χ4n) is 2.75. The number of anilines is 2. The van der Waals surface area contributed by atoms with Gasteiger partial charge in [-0.05, 0) is 24.3 Å². The van der Waals surface area contributed by atoms with Crippen molar-refractivity contribution in [2.45, 2.75) is 4.90 Å². The molecule has 0 spiro atoms. The number of hydrogen-bond acceptors (Lipinski definition) is 4. The molecule has 0 atom stereocenters. The third-order valence-electron chi connectivity index (χ3n) is 3.67. The van der Waals surface area contributed by atoms with Crippen LogP contribution in [0.4, 0.5) is 11.4 Å². The van der Waals surface area contributed by atoms with Gasteiger partial charge < -0.3 is 0 Å². The first-order chi connectivity index (χ1) is 10.2. The average Bonchev–Trinajstić information content (AvgIpc) is 2.99. The summed E-state index contributed by atoms with van der Waals surface area (Å²) in [5, 5.41) is 0. The zero-order chi connectivity index (χ0) is 14.4.